The highest BCUT2D eigenvalue weighted by molar-refractivity contribution is 5.89. The first-order valence-electron chi connectivity index (χ1n) is 13.8. The molecule has 0 bridgehead atoms. The summed E-state index contributed by atoms with van der Waals surface area (Å²) in [5.41, 5.74) is -3.07. The Morgan fingerprint density at radius 3 is 1.88 bits per heavy atom. The number of aryl methyl sites for hydroxylation is 1. The van der Waals surface area contributed by atoms with Gasteiger partial charge in [-0.05, 0) is 94.4 Å². The van der Waals surface area contributed by atoms with Gasteiger partial charge in [0.25, 0.3) is 0 Å². The van der Waals surface area contributed by atoms with Gasteiger partial charge in [-0.2, -0.15) is 39.5 Å². The number of carboxylic acid groups (broad SMARTS) is 1. The van der Waals surface area contributed by atoms with E-state index in [0.717, 1.165) is 17.0 Å². The maximum absolute atomic E-state index is 13.8. The van der Waals surface area contributed by atoms with Gasteiger partial charge < -0.3 is 9.84 Å². The lowest BCUT2D eigenvalue weighted by molar-refractivity contribution is -0.143. The van der Waals surface area contributed by atoms with Crippen LogP contribution in [-0.2, 0) is 29.8 Å². The van der Waals surface area contributed by atoms with Crippen LogP contribution in [0.15, 0.2) is 91.1 Å². The predicted octanol–water partition coefficient (Wildman–Crippen LogP) is 10.3. The van der Waals surface area contributed by atoms with Crippen LogP contribution in [0.2, 0.25) is 0 Å². The molecule has 5 nitrogen and oxygen atoms in total. The normalized spacial score (nSPS) is 15.5. The lowest BCUT2D eigenvalue weighted by atomic mass is 9.92. The van der Waals surface area contributed by atoms with Gasteiger partial charge in [-0.15, -0.1) is 0 Å². The minimum Gasteiger partial charge on any atom is -0.478 e. The number of carbonyl (C=O) groups is 2. The van der Waals surface area contributed by atoms with Gasteiger partial charge in [0, 0.05) is 0 Å². The largest absolute Gasteiger partial charge is 0.478 e. The number of carbonyl (C=O) groups excluding carboxylic acids is 1. The monoisotopic (exact) mass is 679 g/mol. The van der Waals surface area contributed by atoms with Gasteiger partial charge >= 0.3 is 30.6 Å². The van der Waals surface area contributed by atoms with Crippen LogP contribution in [0.1, 0.15) is 49.8 Å². The number of carboxylic acids is 1. The van der Waals surface area contributed by atoms with Crippen molar-refractivity contribution in [3.05, 3.63) is 130 Å². The first-order chi connectivity index (χ1) is 22.2. The Morgan fingerprint density at radius 2 is 1.33 bits per heavy atom. The Hall–Kier alpha value is -5.27. The minimum atomic E-state index is -5.18. The van der Waals surface area contributed by atoms with Crippen molar-refractivity contribution in [2.45, 2.75) is 38.1 Å². The van der Waals surface area contributed by atoms with Crippen LogP contribution in [0.5, 0.6) is 0 Å². The average molecular weight is 680 g/mol. The maximum Gasteiger partial charge on any atom is 0.416 e. The summed E-state index contributed by atoms with van der Waals surface area (Å²) in [4.78, 5) is 25.1. The van der Waals surface area contributed by atoms with Crippen LogP contribution in [0.25, 0.3) is 22.3 Å². The molecule has 1 heterocycles. The van der Waals surface area contributed by atoms with E-state index in [4.69, 9.17) is 4.74 Å². The summed E-state index contributed by atoms with van der Waals surface area (Å²) in [6.07, 6.45) is -18.2. The molecule has 1 saturated heterocycles. The van der Waals surface area contributed by atoms with E-state index in [1.807, 2.05) is 0 Å². The molecule has 1 aliphatic heterocycles. The highest BCUT2D eigenvalue weighted by Crippen LogP contribution is 2.43. The zero-order valence-corrected chi connectivity index (χ0v) is 24.5. The van der Waals surface area contributed by atoms with Gasteiger partial charge in [-0.1, -0.05) is 36.9 Å². The van der Waals surface area contributed by atoms with E-state index in [1.54, 1.807) is 37.3 Å². The van der Waals surface area contributed by atoms with Crippen molar-refractivity contribution < 1.29 is 58.9 Å². The molecular formula is C34H22F9NO4. The number of halogens is 9. The molecule has 0 aliphatic carbocycles. The Balaban J connectivity index is 1.55. The van der Waals surface area contributed by atoms with Crippen molar-refractivity contribution in [1.82, 2.24) is 4.90 Å². The van der Waals surface area contributed by atoms with E-state index in [0.29, 0.717) is 34.4 Å². The van der Waals surface area contributed by atoms with Crippen LogP contribution in [-0.4, -0.2) is 22.1 Å². The molecule has 1 aliphatic rings. The number of cyclic esters (lactones) is 1. The number of ether oxygens (including phenoxy) is 1. The summed E-state index contributed by atoms with van der Waals surface area (Å²) >= 11 is 0. The number of nitrogens with zero attached hydrogens (tertiary/aromatic N) is 1. The second kappa shape index (κ2) is 12.1. The van der Waals surface area contributed by atoms with E-state index in [2.05, 4.69) is 6.58 Å². The number of hydrogen-bond acceptors (Lipinski definition) is 3. The molecule has 0 radical (unpaired) electrons. The Bertz CT molecular complexity index is 1910. The lowest BCUT2D eigenvalue weighted by Gasteiger charge is -2.21. The average Bonchev–Trinajstić information content (AvgIpc) is 3.28. The van der Waals surface area contributed by atoms with Crippen molar-refractivity contribution in [2.75, 3.05) is 0 Å². The quantitative estimate of drug-likeness (QED) is 0.206. The van der Waals surface area contributed by atoms with E-state index in [-0.39, 0.29) is 22.8 Å². The van der Waals surface area contributed by atoms with Crippen LogP contribution >= 0.6 is 0 Å². The molecule has 4 aromatic rings. The molecule has 250 valence electrons. The van der Waals surface area contributed by atoms with E-state index in [9.17, 15) is 54.2 Å². The fourth-order valence-corrected chi connectivity index (χ4v) is 5.38. The highest BCUT2D eigenvalue weighted by Gasteiger charge is 2.42. The molecule has 1 atom stereocenters. The number of rotatable bonds is 6. The summed E-state index contributed by atoms with van der Waals surface area (Å²) in [5.74, 6) is -1.13. The zero-order chi connectivity index (χ0) is 35.3. The summed E-state index contributed by atoms with van der Waals surface area (Å²) < 4.78 is 127. The summed E-state index contributed by atoms with van der Waals surface area (Å²) in [5, 5.41) is 9.28. The van der Waals surface area contributed by atoms with Gasteiger partial charge in [0.05, 0.1) is 34.5 Å². The molecule has 0 spiro atoms. The molecule has 1 N–H and O–H groups in total. The minimum absolute atomic E-state index is 0.0493. The first kappa shape index (κ1) is 34.1. The molecule has 0 aromatic heterocycles. The van der Waals surface area contributed by atoms with Crippen molar-refractivity contribution in [1.29, 1.82) is 0 Å². The Labute approximate surface area is 266 Å². The summed E-state index contributed by atoms with van der Waals surface area (Å²) in [7, 11) is 0. The first-order valence-corrected chi connectivity index (χ1v) is 13.8. The van der Waals surface area contributed by atoms with Gasteiger partial charge in [0.15, 0.2) is 6.10 Å². The van der Waals surface area contributed by atoms with Crippen molar-refractivity contribution in [3.63, 3.8) is 0 Å². The second-order valence-electron chi connectivity index (χ2n) is 11.0. The molecule has 1 fully saturated rings. The third kappa shape index (κ3) is 6.87. The third-order valence-electron chi connectivity index (χ3n) is 7.72. The van der Waals surface area contributed by atoms with Gasteiger partial charge in [-0.25, -0.2) is 9.59 Å². The number of benzene rings is 4. The Kier molecular flexibility index (Phi) is 8.57. The van der Waals surface area contributed by atoms with Crippen molar-refractivity contribution in [3.8, 4) is 22.3 Å². The van der Waals surface area contributed by atoms with Crippen LogP contribution < -0.4 is 0 Å². The second-order valence-corrected chi connectivity index (χ2v) is 11.0. The van der Waals surface area contributed by atoms with Crippen LogP contribution in [0.3, 0.4) is 0 Å². The zero-order valence-electron chi connectivity index (χ0n) is 24.5. The smallest absolute Gasteiger partial charge is 0.416 e. The van der Waals surface area contributed by atoms with Gasteiger partial charge in [0.1, 0.15) is 0 Å². The topological polar surface area (TPSA) is 66.8 Å². The van der Waals surface area contributed by atoms with E-state index in [1.165, 1.54) is 18.2 Å². The number of amides is 1. The van der Waals surface area contributed by atoms with Crippen LogP contribution in [0, 0.1) is 6.92 Å². The highest BCUT2D eigenvalue weighted by atomic mass is 19.4. The van der Waals surface area contributed by atoms with Crippen molar-refractivity contribution >= 4 is 12.1 Å². The maximum atomic E-state index is 13.8. The number of alkyl halides is 9. The molecule has 1 amide bonds. The molecule has 0 saturated carbocycles. The van der Waals surface area contributed by atoms with Gasteiger partial charge in [0.2, 0.25) is 0 Å². The summed E-state index contributed by atoms with van der Waals surface area (Å²) in [6, 6.07) is 14.4. The molecule has 5 rings (SSSR count). The molecular weight excluding hydrogens is 657 g/mol. The van der Waals surface area contributed by atoms with E-state index < -0.39 is 71.2 Å². The molecule has 14 heteroatoms. The fraction of sp³-hybridized carbons (Fsp3) is 0.176. The third-order valence-corrected chi connectivity index (χ3v) is 7.72. The van der Waals surface area contributed by atoms with E-state index >= 15 is 0 Å². The molecule has 0 unspecified atom stereocenters. The van der Waals surface area contributed by atoms with Gasteiger partial charge in [-0.3, -0.25) is 4.90 Å². The lowest BCUT2D eigenvalue weighted by Crippen LogP contribution is -2.22. The predicted molar refractivity (Wildman–Crippen MR) is 154 cm³/mol. The molecule has 48 heavy (non-hydrogen) atoms. The summed E-state index contributed by atoms with van der Waals surface area (Å²) in [6.45, 7) is 4.69. The fourth-order valence-electron chi connectivity index (χ4n) is 5.38. The van der Waals surface area contributed by atoms with Crippen molar-refractivity contribution in [2.24, 2.45) is 0 Å². The SMILES string of the molecule is C=C1[C@@H](c2cc(C(F)(F)F)cc(C(F)(F)F)c2)OC(=O)N1Cc1cc(C(F)(F)F)ccc1-c1cccc(-c2ccc(C(=O)O)cc2C)c1. The number of hydrogen-bond donors (Lipinski definition) is 1. The number of aromatic carboxylic acids is 1. The van der Waals surface area contributed by atoms with Crippen LogP contribution in [0.4, 0.5) is 44.3 Å². The Morgan fingerprint density at radius 1 is 0.771 bits per heavy atom. The molecule has 4 aromatic carbocycles. The standard InChI is InChI=1S/C34H22F9NO4/c1-17-10-21(30(45)46)6-8-27(17)19-4-3-5-20(11-19)28-9-7-24(32(35,36)37)14-23(28)16-44-18(2)29(48-31(44)47)22-12-25(33(38,39)40)15-26(13-22)34(41,42)43/h3-15,29H,2,16H2,1H3,(H,45,46)/t29-/m0/s1.